The first-order valence-electron chi connectivity index (χ1n) is 20.3. The molecule has 17 nitrogen and oxygen atoms in total. The summed E-state index contributed by atoms with van der Waals surface area (Å²) in [5, 5.41) is 24.8. The van der Waals surface area contributed by atoms with Crippen LogP contribution in [0.5, 0.6) is 11.5 Å². The van der Waals surface area contributed by atoms with E-state index in [1.54, 1.807) is 30.0 Å². The first-order chi connectivity index (χ1) is 30.3. The molecule has 6 aromatic rings. The van der Waals surface area contributed by atoms with E-state index in [-0.39, 0.29) is 70.4 Å². The molecule has 2 fully saturated rings. The van der Waals surface area contributed by atoms with E-state index in [1.807, 2.05) is 30.3 Å². The van der Waals surface area contributed by atoms with Crippen LogP contribution < -0.4 is 35.9 Å². The average Bonchev–Trinajstić information content (AvgIpc) is 3.96. The van der Waals surface area contributed by atoms with Gasteiger partial charge in [0.2, 0.25) is 22.6 Å². The largest absolute Gasteiger partial charge is 0.487 e. The molecule has 8 heterocycles. The summed E-state index contributed by atoms with van der Waals surface area (Å²) in [6, 6.07) is 4.95. The summed E-state index contributed by atoms with van der Waals surface area (Å²) in [6.07, 6.45) is 12.4. The van der Waals surface area contributed by atoms with Crippen molar-refractivity contribution in [3.63, 3.8) is 0 Å². The second-order valence-electron chi connectivity index (χ2n) is 15.7. The number of anilines is 2. The number of pyridine rings is 2. The molecule has 2 saturated heterocycles. The summed E-state index contributed by atoms with van der Waals surface area (Å²) >= 11 is 0. The van der Waals surface area contributed by atoms with Gasteiger partial charge < -0.3 is 44.4 Å². The van der Waals surface area contributed by atoms with Crippen molar-refractivity contribution in [2.75, 3.05) is 49.6 Å². The van der Waals surface area contributed by atoms with E-state index < -0.39 is 45.8 Å². The fraction of sp³-hybridized carbons (Fsp3) is 0.349. The lowest BCUT2D eigenvalue weighted by Crippen LogP contribution is -2.30. The van der Waals surface area contributed by atoms with Crippen molar-refractivity contribution in [2.45, 2.75) is 51.2 Å². The average molecular weight is 870 g/mol. The van der Waals surface area contributed by atoms with Gasteiger partial charge in [0.25, 0.3) is 0 Å². The minimum atomic E-state index is -1.41. The Morgan fingerprint density at radius 2 is 1.37 bits per heavy atom. The number of hydrogen-bond acceptors (Lipinski definition) is 13. The molecule has 0 amide bonds. The summed E-state index contributed by atoms with van der Waals surface area (Å²) in [5.74, 6) is -3.63. The van der Waals surface area contributed by atoms with E-state index in [4.69, 9.17) is 14.6 Å². The van der Waals surface area contributed by atoms with Gasteiger partial charge in [0.15, 0.2) is 23.1 Å². The highest BCUT2D eigenvalue weighted by Gasteiger charge is 2.34. The van der Waals surface area contributed by atoms with E-state index in [2.05, 4.69) is 30.6 Å². The number of carbonyl (C=O) groups is 2. The quantitative estimate of drug-likeness (QED) is 0.169. The third-order valence-electron chi connectivity index (χ3n) is 11.4. The standard InChI is InChI=1S/C21H20FN5O4.C13H9F2NO4.C9H13N3/c1-11-10-31-19-16-13(18(28)14(20(29)30)9-27(11)16)7-15(22)17(19)26-6-3-12(8-26)25-21-23-4-2-5-24-21;1-5-4-20-12-9(15)8(14)2-6-10(12)16(5)3-7(11(6)17)13(18)19;1-3-11-9(12-4-1)6-8-2-5-10-7-8/h2,4-5,7,9,11-12H,3,6,8,10H2,1H3,(H,29,30)(H,23,24,25);2-3,5H,4H2,1H3,(H,18,19);1,3-4,8,10H,2,5-7H2/t11-,12?;5-;/m00./s1. The smallest absolute Gasteiger partial charge is 0.341 e. The molecule has 0 saturated carbocycles. The predicted molar refractivity (Wildman–Crippen MR) is 224 cm³/mol. The maximum Gasteiger partial charge on any atom is 0.341 e. The molecule has 0 aliphatic carbocycles. The van der Waals surface area contributed by atoms with Crippen molar-refractivity contribution >= 4 is 45.4 Å². The van der Waals surface area contributed by atoms with Gasteiger partial charge in [-0.2, -0.15) is 4.39 Å². The summed E-state index contributed by atoms with van der Waals surface area (Å²) in [4.78, 5) is 66.0. The van der Waals surface area contributed by atoms with Gasteiger partial charge >= 0.3 is 11.9 Å². The SMILES string of the molecule is C[C@H]1COc2c(F)c(F)cc3c(=O)c(C(=O)O)cn1c23.C[C@H]1COc2c(N3CCC(Nc4ncccn4)C3)c(F)cc3c(=O)c(C(=O)O)cn1c23.c1cnc(CC2CCNC2)nc1. The molecule has 2 aromatic carbocycles. The topological polar surface area (TPSA) is 216 Å². The number of aromatic nitrogens is 6. The van der Waals surface area contributed by atoms with Gasteiger partial charge in [-0.05, 0) is 70.0 Å². The van der Waals surface area contributed by atoms with Crippen molar-refractivity contribution < 1.29 is 42.4 Å². The van der Waals surface area contributed by atoms with Crippen LogP contribution >= 0.6 is 0 Å². The number of nitrogens with one attached hydrogen (secondary N) is 2. The van der Waals surface area contributed by atoms with Gasteiger partial charge in [-0.15, -0.1) is 0 Å². The number of nitrogens with zero attached hydrogens (tertiary/aromatic N) is 7. The summed E-state index contributed by atoms with van der Waals surface area (Å²) in [6.45, 7) is 7.24. The highest BCUT2D eigenvalue weighted by Crippen LogP contribution is 2.43. The maximum absolute atomic E-state index is 15.3. The Morgan fingerprint density at radius 1 is 0.810 bits per heavy atom. The molecular weight excluding hydrogens is 828 g/mol. The van der Waals surface area contributed by atoms with E-state index in [0.717, 1.165) is 49.9 Å². The van der Waals surface area contributed by atoms with Crippen molar-refractivity contribution in [3.8, 4) is 11.5 Å². The van der Waals surface area contributed by atoms with E-state index >= 15 is 4.39 Å². The van der Waals surface area contributed by atoms with Gasteiger partial charge in [0.05, 0.1) is 33.9 Å². The molecule has 0 spiro atoms. The van der Waals surface area contributed by atoms with Crippen LogP contribution in [0.2, 0.25) is 0 Å². The van der Waals surface area contributed by atoms with Crippen LogP contribution in [0, 0.1) is 23.4 Å². The Kier molecular flexibility index (Phi) is 12.0. The molecule has 2 unspecified atom stereocenters. The minimum absolute atomic E-state index is 0.00857. The highest BCUT2D eigenvalue weighted by atomic mass is 19.2. The Bertz CT molecular complexity index is 2840. The number of aromatic carboxylic acids is 2. The van der Waals surface area contributed by atoms with Crippen molar-refractivity contribution in [2.24, 2.45) is 5.92 Å². The Balaban J connectivity index is 0.000000145. The molecule has 4 N–H and O–H groups in total. The van der Waals surface area contributed by atoms with E-state index in [1.165, 1.54) is 17.2 Å². The van der Waals surface area contributed by atoms with Crippen molar-refractivity contribution in [1.29, 1.82) is 0 Å². The van der Waals surface area contributed by atoms with Crippen LogP contribution in [0.25, 0.3) is 21.8 Å². The summed E-state index contributed by atoms with van der Waals surface area (Å²) in [5.41, 5.74) is -1.65. The lowest BCUT2D eigenvalue weighted by Gasteiger charge is -2.31. The normalized spacial score (nSPS) is 19.6. The molecule has 0 bridgehead atoms. The molecular formula is C43H42F3N9O8. The molecule has 63 heavy (non-hydrogen) atoms. The zero-order valence-electron chi connectivity index (χ0n) is 34.1. The van der Waals surface area contributed by atoms with Gasteiger partial charge in [-0.3, -0.25) is 9.59 Å². The zero-order chi connectivity index (χ0) is 44.5. The van der Waals surface area contributed by atoms with E-state index in [9.17, 15) is 33.1 Å². The Morgan fingerprint density at radius 3 is 1.94 bits per heavy atom. The molecule has 4 atom stereocenters. The lowest BCUT2D eigenvalue weighted by atomic mass is 10.1. The van der Waals surface area contributed by atoms with Crippen LogP contribution in [-0.2, 0) is 6.42 Å². The van der Waals surface area contributed by atoms with Gasteiger partial charge in [-0.25, -0.2) is 38.3 Å². The highest BCUT2D eigenvalue weighted by molar-refractivity contribution is 5.97. The fourth-order valence-corrected chi connectivity index (χ4v) is 8.22. The molecule has 328 valence electrons. The van der Waals surface area contributed by atoms with Gasteiger partial charge in [-0.1, -0.05) is 0 Å². The second-order valence-corrected chi connectivity index (χ2v) is 15.7. The van der Waals surface area contributed by atoms with Crippen LogP contribution in [-0.4, -0.2) is 96.7 Å². The van der Waals surface area contributed by atoms with Crippen LogP contribution in [0.3, 0.4) is 0 Å². The minimum Gasteiger partial charge on any atom is -0.487 e. The maximum atomic E-state index is 15.3. The number of hydrogen-bond donors (Lipinski definition) is 4. The third-order valence-corrected chi connectivity index (χ3v) is 11.4. The Hall–Kier alpha value is -7.09. The van der Waals surface area contributed by atoms with Crippen molar-refractivity contribution in [1.82, 2.24) is 34.4 Å². The third kappa shape index (κ3) is 8.45. The number of ether oxygens (including phenoxy) is 2. The number of carboxylic acids is 2. The molecule has 10 rings (SSSR count). The van der Waals surface area contributed by atoms with Gasteiger partial charge in [0, 0.05) is 62.7 Å². The number of halogens is 3. The van der Waals surface area contributed by atoms with Crippen LogP contribution in [0.15, 0.2) is 71.0 Å². The van der Waals surface area contributed by atoms with Crippen LogP contribution in [0.4, 0.5) is 24.8 Å². The van der Waals surface area contributed by atoms with Gasteiger partial charge in [0.1, 0.15) is 35.9 Å². The monoisotopic (exact) mass is 869 g/mol. The number of carboxylic acid groups (broad SMARTS) is 2. The van der Waals surface area contributed by atoms with E-state index in [0.29, 0.717) is 30.6 Å². The predicted octanol–water partition coefficient (Wildman–Crippen LogP) is 4.83. The number of benzene rings is 2. The first-order valence-corrected chi connectivity index (χ1v) is 20.3. The Labute approximate surface area is 356 Å². The molecule has 4 aromatic heterocycles. The molecule has 20 heteroatoms. The summed E-state index contributed by atoms with van der Waals surface area (Å²) < 4.78 is 56.7. The number of rotatable bonds is 7. The van der Waals surface area contributed by atoms with Crippen molar-refractivity contribution in [3.05, 3.63) is 116 Å². The first kappa shape index (κ1) is 42.6. The van der Waals surface area contributed by atoms with Crippen LogP contribution in [0.1, 0.15) is 65.3 Å². The molecule has 4 aliphatic rings. The zero-order valence-corrected chi connectivity index (χ0v) is 34.1. The molecule has 0 radical (unpaired) electrons. The summed E-state index contributed by atoms with van der Waals surface area (Å²) in [7, 11) is 0. The fourth-order valence-electron chi connectivity index (χ4n) is 8.22. The second kappa shape index (κ2) is 17.7. The molecule has 4 aliphatic heterocycles. The lowest BCUT2D eigenvalue weighted by molar-refractivity contribution is 0.0683.